The van der Waals surface area contributed by atoms with Gasteiger partial charge in [-0.25, -0.2) is 13.6 Å². The van der Waals surface area contributed by atoms with Crippen LogP contribution in [0.25, 0.3) is 22.2 Å². The Bertz CT molecular complexity index is 2080. The van der Waals surface area contributed by atoms with Crippen LogP contribution in [0, 0.1) is 5.82 Å². The van der Waals surface area contributed by atoms with Crippen LogP contribution >= 0.6 is 0 Å². The zero-order valence-electron chi connectivity index (χ0n) is 38.3. The fourth-order valence-electron chi connectivity index (χ4n) is 11.6. The molecule has 64 heavy (non-hydrogen) atoms. The van der Waals surface area contributed by atoms with Crippen molar-refractivity contribution in [2.45, 2.75) is 185 Å². The molecular formula is C50H70F2N6O6. The molecule has 0 radical (unpaired) electrons. The summed E-state index contributed by atoms with van der Waals surface area (Å²) in [7, 11) is 0. The lowest BCUT2D eigenvalue weighted by atomic mass is 9.91. The Morgan fingerprint density at radius 2 is 1.59 bits per heavy atom. The largest absolute Gasteiger partial charge is 0.508 e. The van der Waals surface area contributed by atoms with Crippen molar-refractivity contribution in [1.29, 1.82) is 0 Å². The summed E-state index contributed by atoms with van der Waals surface area (Å²) in [5.41, 5.74) is 2.31. The minimum absolute atomic E-state index is 0.00413. The third kappa shape index (κ3) is 10.4. The van der Waals surface area contributed by atoms with E-state index in [1.807, 2.05) is 4.90 Å². The number of aromatic nitrogens is 3. The molecule has 1 N–H and O–H groups in total. The number of fused-ring (bicyclic) bond motifs is 5. The Morgan fingerprint density at radius 1 is 0.891 bits per heavy atom. The lowest BCUT2D eigenvalue weighted by Crippen LogP contribution is -2.56. The van der Waals surface area contributed by atoms with Crippen molar-refractivity contribution in [3.63, 3.8) is 0 Å². The SMILES string of the molecule is CCCCCCCCCCCCCCCC(=O)OCOC(=O)N1C2CCC1CN(c1nc(OC[C@@]34CCCN3C[C@H](F)C4)nc3c(F)c(-c4cc(O)cc5c4C(CC)CC5)ncc13)C2. The number of carbonyl (C=O) groups is 2. The monoisotopic (exact) mass is 889 g/mol. The molecule has 350 valence electrons. The summed E-state index contributed by atoms with van der Waals surface area (Å²) in [5.74, 6) is -0.246. The molecule has 5 atom stereocenters. The molecule has 4 saturated heterocycles. The summed E-state index contributed by atoms with van der Waals surface area (Å²) in [4.78, 5) is 46.2. The van der Waals surface area contributed by atoms with Crippen LogP contribution in [0.2, 0.25) is 0 Å². The van der Waals surface area contributed by atoms with Gasteiger partial charge in [0.2, 0.25) is 6.79 Å². The number of amides is 1. The Hall–Kier alpha value is -4.33. The number of phenolic OH excluding ortho intramolecular Hbond substituents is 1. The first-order valence-electron chi connectivity index (χ1n) is 24.8. The van der Waals surface area contributed by atoms with Gasteiger partial charge < -0.3 is 24.2 Å². The number of phenols is 1. The van der Waals surface area contributed by atoms with E-state index in [-0.39, 0.29) is 53.5 Å². The second-order valence-electron chi connectivity index (χ2n) is 19.3. The fourth-order valence-corrected chi connectivity index (χ4v) is 11.6. The number of carbonyl (C=O) groups excluding carboxylic acids is 2. The van der Waals surface area contributed by atoms with Gasteiger partial charge >= 0.3 is 18.1 Å². The number of halogens is 2. The highest BCUT2D eigenvalue weighted by molar-refractivity contribution is 5.92. The molecule has 3 unspecified atom stereocenters. The molecule has 1 amide bonds. The van der Waals surface area contributed by atoms with Crippen LogP contribution in [0.1, 0.15) is 166 Å². The van der Waals surface area contributed by atoms with Crippen molar-refractivity contribution in [3.05, 3.63) is 35.3 Å². The summed E-state index contributed by atoms with van der Waals surface area (Å²) < 4.78 is 49.0. The first-order valence-corrected chi connectivity index (χ1v) is 24.8. The molecule has 2 aromatic heterocycles. The second-order valence-corrected chi connectivity index (χ2v) is 19.3. The number of esters is 1. The van der Waals surface area contributed by atoms with Crippen LogP contribution in [0.3, 0.4) is 0 Å². The number of aromatic hydroxyl groups is 1. The number of nitrogens with zero attached hydrogens (tertiary/aromatic N) is 6. The molecular weight excluding hydrogens is 819 g/mol. The molecule has 12 nitrogen and oxygen atoms in total. The average molecular weight is 889 g/mol. The topological polar surface area (TPSA) is 130 Å². The number of piperazine rings is 1. The van der Waals surface area contributed by atoms with Gasteiger partial charge in [-0.3, -0.25) is 19.6 Å². The molecule has 4 aliphatic heterocycles. The van der Waals surface area contributed by atoms with Gasteiger partial charge in [-0.1, -0.05) is 90.9 Å². The van der Waals surface area contributed by atoms with Crippen molar-refractivity contribution < 1.29 is 37.7 Å². The predicted molar refractivity (Wildman–Crippen MR) is 243 cm³/mol. The molecule has 0 saturated carbocycles. The van der Waals surface area contributed by atoms with E-state index >= 15 is 4.39 Å². The third-order valence-electron chi connectivity index (χ3n) is 14.9. The zero-order chi connectivity index (χ0) is 44.6. The van der Waals surface area contributed by atoms with Crippen LogP contribution in [0.5, 0.6) is 11.8 Å². The van der Waals surface area contributed by atoms with Gasteiger partial charge in [0.1, 0.15) is 35.6 Å². The summed E-state index contributed by atoms with van der Waals surface area (Å²) in [6.45, 7) is 6.11. The Kier molecular flexibility index (Phi) is 15.4. The van der Waals surface area contributed by atoms with Gasteiger partial charge in [-0.2, -0.15) is 9.97 Å². The molecule has 2 bridgehead atoms. The van der Waals surface area contributed by atoms with Crippen LogP contribution in [-0.2, 0) is 20.7 Å². The number of alkyl halides is 1. The maximum absolute atomic E-state index is 17.2. The predicted octanol–water partition coefficient (Wildman–Crippen LogP) is 10.7. The first kappa shape index (κ1) is 46.2. The van der Waals surface area contributed by atoms with E-state index in [4.69, 9.17) is 24.2 Å². The molecule has 1 aliphatic carbocycles. The molecule has 4 fully saturated rings. The number of aryl methyl sites for hydroxylation is 1. The molecule has 5 aliphatic rings. The lowest BCUT2D eigenvalue weighted by molar-refractivity contribution is -0.152. The number of pyridine rings is 1. The zero-order valence-corrected chi connectivity index (χ0v) is 38.3. The minimum atomic E-state index is -0.932. The van der Waals surface area contributed by atoms with E-state index in [0.717, 1.165) is 81.9 Å². The highest BCUT2D eigenvalue weighted by Gasteiger charge is 2.50. The van der Waals surface area contributed by atoms with Gasteiger partial charge in [0.25, 0.3) is 0 Å². The molecule has 6 heterocycles. The smallest absolute Gasteiger partial charge is 0.413 e. The number of ether oxygens (including phenoxy) is 3. The van der Waals surface area contributed by atoms with Crippen molar-refractivity contribution in [1.82, 2.24) is 24.8 Å². The van der Waals surface area contributed by atoms with Crippen LogP contribution in [0.4, 0.5) is 19.4 Å². The van der Waals surface area contributed by atoms with Crippen LogP contribution in [-0.4, -0.2) is 105 Å². The van der Waals surface area contributed by atoms with Crippen molar-refractivity contribution in [2.75, 3.05) is 44.5 Å². The van der Waals surface area contributed by atoms with E-state index in [2.05, 4.69) is 23.7 Å². The molecule has 3 aromatic rings. The number of hydrogen-bond acceptors (Lipinski definition) is 11. The minimum Gasteiger partial charge on any atom is -0.508 e. The Morgan fingerprint density at radius 3 is 2.30 bits per heavy atom. The summed E-state index contributed by atoms with van der Waals surface area (Å²) in [5, 5.41) is 11.1. The summed E-state index contributed by atoms with van der Waals surface area (Å²) >= 11 is 0. The maximum Gasteiger partial charge on any atom is 0.413 e. The summed E-state index contributed by atoms with van der Waals surface area (Å²) in [6.07, 6.45) is 22.6. The van der Waals surface area contributed by atoms with Crippen molar-refractivity contribution >= 4 is 28.8 Å². The molecule has 1 aromatic carbocycles. The van der Waals surface area contributed by atoms with E-state index in [0.29, 0.717) is 49.2 Å². The van der Waals surface area contributed by atoms with Crippen LogP contribution in [0.15, 0.2) is 18.3 Å². The maximum atomic E-state index is 17.2. The Balaban J connectivity index is 0.897. The number of unbranched alkanes of at least 4 members (excludes halogenated alkanes) is 12. The highest BCUT2D eigenvalue weighted by Crippen LogP contribution is 2.46. The standard InChI is InChI=1S/C50H70F2N6O6/c1-3-5-6-7-8-9-10-11-12-13-14-15-16-18-42(60)63-33-64-49(61)58-37-21-22-38(58)31-56(30-37)47-41-28-53-45(40-26-39(59)25-35-20-19-34(4-2)43(35)40)44(52)46(41)54-48(55-47)62-32-50-23-17-24-57(50)29-36(51)27-50/h25-26,28,34,36-38,59H,3-24,27,29-33H2,1-2H3/t34?,36-,37?,38?,50+/m1/s1. The van der Waals surface area contributed by atoms with E-state index in [1.165, 1.54) is 64.2 Å². The molecule has 0 spiro atoms. The van der Waals surface area contributed by atoms with Gasteiger partial charge in [0, 0.05) is 44.2 Å². The first-order chi connectivity index (χ1) is 31.2. The normalized spacial score (nSPS) is 23.8. The average Bonchev–Trinajstić information content (AvgIpc) is 4.03. The quantitative estimate of drug-likeness (QED) is 0.0588. The lowest BCUT2D eigenvalue weighted by Gasteiger charge is -2.41. The van der Waals surface area contributed by atoms with E-state index < -0.39 is 30.4 Å². The van der Waals surface area contributed by atoms with Crippen molar-refractivity contribution in [2.24, 2.45) is 0 Å². The number of anilines is 1. The molecule has 14 heteroatoms. The number of rotatable bonds is 22. The summed E-state index contributed by atoms with van der Waals surface area (Å²) in [6, 6.07) is 2.94. The Labute approximate surface area is 377 Å². The van der Waals surface area contributed by atoms with Crippen molar-refractivity contribution in [3.8, 4) is 23.0 Å². The van der Waals surface area contributed by atoms with E-state index in [1.54, 1.807) is 23.2 Å². The second kappa shape index (κ2) is 21.3. The van der Waals surface area contributed by atoms with Gasteiger partial charge in [0.05, 0.1) is 23.0 Å². The van der Waals surface area contributed by atoms with Crippen LogP contribution < -0.4 is 9.64 Å². The fraction of sp³-hybridized carbons (Fsp3) is 0.700. The van der Waals surface area contributed by atoms with Gasteiger partial charge in [-0.05, 0) is 87.1 Å². The molecule has 8 rings (SSSR count). The highest BCUT2D eigenvalue weighted by atomic mass is 19.1. The number of hydrogen-bond donors (Lipinski definition) is 1. The van der Waals surface area contributed by atoms with Gasteiger partial charge in [-0.15, -0.1) is 0 Å². The van der Waals surface area contributed by atoms with Gasteiger partial charge in [0.15, 0.2) is 5.82 Å². The van der Waals surface area contributed by atoms with E-state index in [9.17, 15) is 19.1 Å². The number of benzene rings is 1. The third-order valence-corrected chi connectivity index (χ3v) is 14.9.